The Morgan fingerprint density at radius 3 is 2.52 bits per heavy atom. The van der Waals surface area contributed by atoms with Gasteiger partial charge in [0, 0.05) is 11.6 Å². The first kappa shape index (κ1) is 24.8. The molecular weight excluding hydrogens is 429 g/mol. The van der Waals surface area contributed by atoms with Crippen LogP contribution in [-0.4, -0.2) is 24.4 Å². The van der Waals surface area contributed by atoms with Crippen molar-refractivity contribution in [1.29, 1.82) is 0 Å². The summed E-state index contributed by atoms with van der Waals surface area (Å²) in [6.07, 6.45) is 1.52. The van der Waals surface area contributed by atoms with Crippen molar-refractivity contribution in [2.75, 3.05) is 6.54 Å². The van der Waals surface area contributed by atoms with Crippen LogP contribution in [0, 0.1) is 19.8 Å². The van der Waals surface area contributed by atoms with Crippen LogP contribution in [-0.2, 0) is 17.4 Å². The average Bonchev–Trinajstić information content (AvgIpc) is 2.77. The largest absolute Gasteiger partial charge is 0.416 e. The minimum Gasteiger partial charge on any atom is -0.352 e. The summed E-state index contributed by atoms with van der Waals surface area (Å²) in [6.45, 7) is 3.93. The second-order valence-corrected chi connectivity index (χ2v) is 8.95. The van der Waals surface area contributed by atoms with Gasteiger partial charge in [0.15, 0.2) is 0 Å². The van der Waals surface area contributed by atoms with E-state index in [1.165, 1.54) is 28.8 Å². The summed E-state index contributed by atoms with van der Waals surface area (Å²) >= 11 is 0. The van der Waals surface area contributed by atoms with Crippen molar-refractivity contribution in [2.45, 2.75) is 64.6 Å². The highest BCUT2D eigenvalue weighted by atomic mass is 19.4. The molecule has 1 fully saturated rings. The SMILES string of the molecule is Cc1ccc(CC[C@H]2CCCC[C@@H]2NC(=O)CNC(=O)c2cccc(C(F)(F)F)c2)c(C)c1. The molecule has 2 amide bonds. The van der Waals surface area contributed by atoms with Crippen LogP contribution in [0.4, 0.5) is 13.2 Å². The highest BCUT2D eigenvalue weighted by Crippen LogP contribution is 2.30. The predicted octanol–water partition coefficient (Wildman–Crippen LogP) is 5.36. The lowest BCUT2D eigenvalue weighted by atomic mass is 9.80. The van der Waals surface area contributed by atoms with E-state index in [0.29, 0.717) is 5.92 Å². The van der Waals surface area contributed by atoms with Gasteiger partial charge in [-0.3, -0.25) is 9.59 Å². The van der Waals surface area contributed by atoms with Crippen LogP contribution in [0.3, 0.4) is 0 Å². The number of benzene rings is 2. The Kier molecular flexibility index (Phi) is 8.16. The third kappa shape index (κ3) is 7.07. The van der Waals surface area contributed by atoms with Gasteiger partial charge in [0.05, 0.1) is 12.1 Å². The van der Waals surface area contributed by atoms with Crippen molar-refractivity contribution in [3.63, 3.8) is 0 Å². The van der Waals surface area contributed by atoms with Crippen LogP contribution in [0.15, 0.2) is 42.5 Å². The number of hydrogen-bond acceptors (Lipinski definition) is 2. The third-order valence-electron chi connectivity index (χ3n) is 6.40. The first-order chi connectivity index (χ1) is 15.6. The van der Waals surface area contributed by atoms with E-state index in [9.17, 15) is 22.8 Å². The number of hydrogen-bond donors (Lipinski definition) is 2. The lowest BCUT2D eigenvalue weighted by Crippen LogP contribution is -2.46. The Labute approximate surface area is 193 Å². The fourth-order valence-corrected chi connectivity index (χ4v) is 4.57. The van der Waals surface area contributed by atoms with Gasteiger partial charge in [-0.05, 0) is 74.8 Å². The second-order valence-electron chi connectivity index (χ2n) is 8.95. The number of amides is 2. The summed E-state index contributed by atoms with van der Waals surface area (Å²) in [5, 5.41) is 5.47. The lowest BCUT2D eigenvalue weighted by molar-refractivity contribution is -0.137. The molecule has 1 aliphatic rings. The molecule has 2 atom stereocenters. The maximum absolute atomic E-state index is 12.9. The van der Waals surface area contributed by atoms with Crippen molar-refractivity contribution in [1.82, 2.24) is 10.6 Å². The van der Waals surface area contributed by atoms with Crippen molar-refractivity contribution in [3.8, 4) is 0 Å². The molecule has 2 N–H and O–H groups in total. The van der Waals surface area contributed by atoms with Crippen LogP contribution in [0.5, 0.6) is 0 Å². The van der Waals surface area contributed by atoms with E-state index in [4.69, 9.17) is 0 Å². The minimum atomic E-state index is -4.53. The number of carbonyl (C=O) groups excluding carboxylic acids is 2. The van der Waals surface area contributed by atoms with E-state index in [0.717, 1.165) is 50.7 Å². The van der Waals surface area contributed by atoms with Gasteiger partial charge >= 0.3 is 6.18 Å². The quantitative estimate of drug-likeness (QED) is 0.585. The zero-order chi connectivity index (χ0) is 24.0. The van der Waals surface area contributed by atoms with E-state index in [1.807, 2.05) is 0 Å². The first-order valence-electron chi connectivity index (χ1n) is 11.4. The molecule has 1 aliphatic carbocycles. The molecule has 0 radical (unpaired) electrons. The van der Waals surface area contributed by atoms with Gasteiger partial charge in [-0.15, -0.1) is 0 Å². The molecule has 0 bridgehead atoms. The van der Waals surface area contributed by atoms with Gasteiger partial charge in [0.2, 0.25) is 5.91 Å². The van der Waals surface area contributed by atoms with Crippen molar-refractivity contribution < 1.29 is 22.8 Å². The molecule has 2 aromatic rings. The molecule has 0 saturated heterocycles. The first-order valence-corrected chi connectivity index (χ1v) is 11.4. The maximum atomic E-state index is 12.9. The molecule has 3 rings (SSSR count). The number of aryl methyl sites for hydroxylation is 3. The Hall–Kier alpha value is -2.83. The predicted molar refractivity (Wildman–Crippen MR) is 122 cm³/mol. The molecule has 178 valence electrons. The molecule has 0 aromatic heterocycles. The molecule has 0 aliphatic heterocycles. The molecule has 0 unspecified atom stereocenters. The smallest absolute Gasteiger partial charge is 0.352 e. The lowest BCUT2D eigenvalue weighted by Gasteiger charge is -2.32. The molecule has 4 nitrogen and oxygen atoms in total. The summed E-state index contributed by atoms with van der Waals surface area (Å²) in [7, 11) is 0. The number of carbonyl (C=O) groups is 2. The van der Waals surface area contributed by atoms with Gasteiger partial charge in [0.1, 0.15) is 0 Å². The molecule has 0 heterocycles. The summed E-state index contributed by atoms with van der Waals surface area (Å²) < 4.78 is 38.6. The van der Waals surface area contributed by atoms with Crippen LogP contribution in [0.2, 0.25) is 0 Å². The summed E-state index contributed by atoms with van der Waals surface area (Å²) in [4.78, 5) is 24.7. The third-order valence-corrected chi connectivity index (χ3v) is 6.40. The highest BCUT2D eigenvalue weighted by Gasteiger charge is 2.31. The van der Waals surface area contributed by atoms with Gasteiger partial charge < -0.3 is 10.6 Å². The van der Waals surface area contributed by atoms with Crippen molar-refractivity contribution in [3.05, 3.63) is 70.3 Å². The van der Waals surface area contributed by atoms with Gasteiger partial charge in [-0.25, -0.2) is 0 Å². The number of alkyl halides is 3. The molecular formula is C26H31F3N2O2. The second kappa shape index (κ2) is 10.9. The van der Waals surface area contributed by atoms with E-state index in [-0.39, 0.29) is 24.1 Å². The van der Waals surface area contributed by atoms with Crippen LogP contribution >= 0.6 is 0 Å². The Balaban J connectivity index is 1.52. The number of halogens is 3. The van der Waals surface area contributed by atoms with E-state index in [2.05, 4.69) is 42.7 Å². The van der Waals surface area contributed by atoms with E-state index in [1.54, 1.807) is 0 Å². The fourth-order valence-electron chi connectivity index (χ4n) is 4.57. The summed E-state index contributed by atoms with van der Waals surface area (Å²) in [5.41, 5.74) is 2.83. The van der Waals surface area contributed by atoms with Crippen LogP contribution in [0.25, 0.3) is 0 Å². The zero-order valence-corrected chi connectivity index (χ0v) is 19.1. The number of rotatable bonds is 7. The average molecular weight is 461 g/mol. The number of nitrogens with one attached hydrogen (secondary N) is 2. The maximum Gasteiger partial charge on any atom is 0.416 e. The molecule has 7 heteroatoms. The molecule has 1 saturated carbocycles. The van der Waals surface area contributed by atoms with Gasteiger partial charge in [0.25, 0.3) is 5.91 Å². The summed E-state index contributed by atoms with van der Waals surface area (Å²) in [6, 6.07) is 10.7. The monoisotopic (exact) mass is 460 g/mol. The van der Waals surface area contributed by atoms with E-state index < -0.39 is 17.6 Å². The Morgan fingerprint density at radius 2 is 1.79 bits per heavy atom. The Bertz CT molecular complexity index is 988. The molecule has 33 heavy (non-hydrogen) atoms. The van der Waals surface area contributed by atoms with Crippen molar-refractivity contribution in [2.24, 2.45) is 5.92 Å². The highest BCUT2D eigenvalue weighted by molar-refractivity contribution is 5.96. The van der Waals surface area contributed by atoms with E-state index >= 15 is 0 Å². The standard InChI is InChI=1S/C26H31F3N2O2/c1-17-10-11-19(18(2)14-17)12-13-20-6-3-4-9-23(20)31-24(32)16-30-25(33)21-7-5-8-22(15-21)26(27,28)29/h5,7-8,10-11,14-15,20,23H,3-4,6,9,12-13,16H2,1-2H3,(H,30,33)(H,31,32)/t20-,23+/m1/s1. The van der Waals surface area contributed by atoms with Gasteiger partial charge in [-0.2, -0.15) is 13.2 Å². The molecule has 2 aromatic carbocycles. The van der Waals surface area contributed by atoms with Crippen molar-refractivity contribution >= 4 is 11.8 Å². The topological polar surface area (TPSA) is 58.2 Å². The molecule has 0 spiro atoms. The van der Waals surface area contributed by atoms with Crippen LogP contribution in [0.1, 0.15) is 64.7 Å². The fraction of sp³-hybridized carbons (Fsp3) is 0.462. The minimum absolute atomic E-state index is 0.0439. The Morgan fingerprint density at radius 1 is 1.03 bits per heavy atom. The van der Waals surface area contributed by atoms with Crippen LogP contribution < -0.4 is 10.6 Å². The summed E-state index contributed by atoms with van der Waals surface area (Å²) in [5.74, 6) is -0.660. The zero-order valence-electron chi connectivity index (χ0n) is 19.1. The normalized spacial score (nSPS) is 18.6. The van der Waals surface area contributed by atoms with Gasteiger partial charge in [-0.1, -0.05) is 42.7 Å².